The summed E-state index contributed by atoms with van der Waals surface area (Å²) < 4.78 is 11.6. The van der Waals surface area contributed by atoms with Crippen molar-refractivity contribution in [3.63, 3.8) is 0 Å². The van der Waals surface area contributed by atoms with Gasteiger partial charge in [0.1, 0.15) is 0 Å². The Balaban J connectivity index is 4.26. The molecule has 6 nitrogen and oxygen atoms in total. The lowest BCUT2D eigenvalue weighted by Gasteiger charge is -2.22. The van der Waals surface area contributed by atoms with Crippen LogP contribution in [0.4, 0.5) is 0 Å². The monoisotopic (exact) mass is 766 g/mol. The summed E-state index contributed by atoms with van der Waals surface area (Å²) in [6.45, 7) is 13.5. The van der Waals surface area contributed by atoms with Gasteiger partial charge in [-0.15, -0.1) is 0 Å². The highest BCUT2D eigenvalue weighted by atomic mass is 16.5. The van der Waals surface area contributed by atoms with Crippen molar-refractivity contribution in [2.45, 2.75) is 246 Å². The molecule has 0 spiro atoms. The van der Waals surface area contributed by atoms with Crippen LogP contribution in [0.2, 0.25) is 0 Å². The van der Waals surface area contributed by atoms with Gasteiger partial charge in [-0.05, 0) is 82.7 Å². The summed E-state index contributed by atoms with van der Waals surface area (Å²) in [5.41, 5.74) is 0. The van der Waals surface area contributed by atoms with Crippen molar-refractivity contribution in [3.05, 3.63) is 0 Å². The second-order valence-electron chi connectivity index (χ2n) is 16.8. The summed E-state index contributed by atoms with van der Waals surface area (Å²) in [5, 5.41) is 9.43. The van der Waals surface area contributed by atoms with E-state index in [-0.39, 0.29) is 18.5 Å². The van der Waals surface area contributed by atoms with Crippen LogP contribution in [-0.4, -0.2) is 61.4 Å². The largest absolute Gasteiger partial charge is 0.465 e. The van der Waals surface area contributed by atoms with Crippen LogP contribution in [0.3, 0.4) is 0 Å². The molecule has 0 heterocycles. The first-order chi connectivity index (χ1) is 26.5. The highest BCUT2D eigenvalue weighted by Crippen LogP contribution is 2.21. The smallest absolute Gasteiger partial charge is 0.305 e. The number of hydrogen-bond acceptors (Lipinski definition) is 6. The zero-order chi connectivity index (χ0) is 39.6. The quantitative estimate of drug-likeness (QED) is 0.0492. The van der Waals surface area contributed by atoms with Gasteiger partial charge in [-0.25, -0.2) is 0 Å². The number of aliphatic hydroxyl groups excluding tert-OH is 1. The number of esters is 2. The van der Waals surface area contributed by atoms with Crippen molar-refractivity contribution < 1.29 is 24.2 Å². The maximum Gasteiger partial charge on any atom is 0.305 e. The summed E-state index contributed by atoms with van der Waals surface area (Å²) in [6, 6.07) is 0. The van der Waals surface area contributed by atoms with Crippen molar-refractivity contribution in [1.29, 1.82) is 0 Å². The molecule has 1 N–H and O–H groups in total. The van der Waals surface area contributed by atoms with Gasteiger partial charge in [-0.3, -0.25) is 9.59 Å². The summed E-state index contributed by atoms with van der Waals surface area (Å²) >= 11 is 0. The molecule has 0 aliphatic heterocycles. The number of carbonyl (C=O) groups is 2. The lowest BCUT2D eigenvalue weighted by atomic mass is 9.95. The number of rotatable bonds is 44. The van der Waals surface area contributed by atoms with Gasteiger partial charge in [0.05, 0.1) is 13.2 Å². The molecule has 0 bridgehead atoms. The van der Waals surface area contributed by atoms with Crippen molar-refractivity contribution in [1.82, 2.24) is 4.90 Å². The van der Waals surface area contributed by atoms with E-state index >= 15 is 0 Å². The molecule has 0 aliphatic rings. The van der Waals surface area contributed by atoms with E-state index in [0.29, 0.717) is 37.9 Å². The predicted molar refractivity (Wildman–Crippen MR) is 232 cm³/mol. The molecule has 0 radical (unpaired) electrons. The van der Waals surface area contributed by atoms with Gasteiger partial charge < -0.3 is 19.5 Å². The molecular weight excluding hydrogens is 671 g/mol. The third-order valence-electron chi connectivity index (χ3n) is 11.4. The highest BCUT2D eigenvalue weighted by Gasteiger charge is 2.14. The van der Waals surface area contributed by atoms with Crippen LogP contribution < -0.4 is 0 Å². The molecule has 322 valence electrons. The standard InChI is InChI=1S/C48H95NO5/c1-5-9-13-17-19-26-35-45(33-24-15-11-7-3)43-53-47(51)37-28-21-22-30-39-49(41-32-42-50)40-31-23-29-38-48(52)54-44-46(34-25-16-12-8-4)36-27-20-18-14-10-6-2/h45-46,50H,5-44H2,1-4H3. The Bertz CT molecular complexity index is 776. The van der Waals surface area contributed by atoms with Crippen LogP contribution in [0.1, 0.15) is 246 Å². The fourth-order valence-electron chi connectivity index (χ4n) is 7.70. The average molecular weight is 766 g/mol. The second kappa shape index (κ2) is 43.0. The first-order valence-corrected chi connectivity index (χ1v) is 24.1. The Labute approximate surface area is 337 Å². The van der Waals surface area contributed by atoms with E-state index in [4.69, 9.17) is 9.47 Å². The minimum absolute atomic E-state index is 0.0136. The number of unbranched alkanes of at least 4 members (excludes halogenated alkanes) is 21. The molecule has 2 atom stereocenters. The fraction of sp³-hybridized carbons (Fsp3) is 0.958. The van der Waals surface area contributed by atoms with Crippen molar-refractivity contribution in [2.24, 2.45) is 11.8 Å². The van der Waals surface area contributed by atoms with Gasteiger partial charge in [-0.1, -0.05) is 175 Å². The number of nitrogens with zero attached hydrogens (tertiary/aromatic N) is 1. The maximum atomic E-state index is 12.6. The minimum atomic E-state index is -0.0204. The van der Waals surface area contributed by atoms with Gasteiger partial charge in [0, 0.05) is 26.0 Å². The second-order valence-corrected chi connectivity index (χ2v) is 16.8. The lowest BCUT2D eigenvalue weighted by Crippen LogP contribution is -2.28. The average Bonchev–Trinajstić information content (AvgIpc) is 3.17. The van der Waals surface area contributed by atoms with E-state index in [0.717, 1.165) is 71.0 Å². The van der Waals surface area contributed by atoms with Gasteiger partial charge in [0.25, 0.3) is 0 Å². The molecule has 0 aromatic carbocycles. The summed E-state index contributed by atoms with van der Waals surface area (Å²) in [4.78, 5) is 27.6. The highest BCUT2D eigenvalue weighted by molar-refractivity contribution is 5.69. The SMILES string of the molecule is CCCCCCCCC(CCCCCC)COC(=O)CCCCCCN(CCCO)CCCCCC(=O)OCC(CCCCCC)CCCCCCCC. The molecule has 0 saturated heterocycles. The van der Waals surface area contributed by atoms with E-state index in [1.165, 1.54) is 154 Å². The molecule has 0 aromatic rings. The summed E-state index contributed by atoms with van der Waals surface area (Å²) in [5.74, 6) is 1.01. The molecule has 0 rings (SSSR count). The van der Waals surface area contributed by atoms with E-state index in [1.54, 1.807) is 0 Å². The lowest BCUT2D eigenvalue weighted by molar-refractivity contribution is -0.146. The zero-order valence-electron chi connectivity index (χ0n) is 37.0. The topological polar surface area (TPSA) is 76.1 Å². The molecule has 0 aliphatic carbocycles. The number of carbonyl (C=O) groups excluding carboxylic acids is 2. The Morgan fingerprint density at radius 2 is 0.704 bits per heavy atom. The first kappa shape index (κ1) is 52.9. The molecule has 6 heteroatoms. The molecule has 54 heavy (non-hydrogen) atoms. The van der Waals surface area contributed by atoms with Gasteiger partial charge >= 0.3 is 11.9 Å². The number of aliphatic hydroxyl groups is 1. The van der Waals surface area contributed by atoms with Gasteiger partial charge in [0.15, 0.2) is 0 Å². The molecule has 2 unspecified atom stereocenters. The number of hydrogen-bond donors (Lipinski definition) is 1. The van der Waals surface area contributed by atoms with Crippen LogP contribution in [0.5, 0.6) is 0 Å². The van der Waals surface area contributed by atoms with Crippen molar-refractivity contribution in [2.75, 3.05) is 39.5 Å². The Kier molecular flexibility index (Phi) is 42.1. The van der Waals surface area contributed by atoms with Crippen molar-refractivity contribution >= 4 is 11.9 Å². The Morgan fingerprint density at radius 1 is 0.407 bits per heavy atom. The number of ether oxygens (including phenoxy) is 2. The van der Waals surface area contributed by atoms with Crippen LogP contribution in [0, 0.1) is 11.8 Å². The van der Waals surface area contributed by atoms with Gasteiger partial charge in [-0.2, -0.15) is 0 Å². The predicted octanol–water partition coefficient (Wildman–Crippen LogP) is 13.9. The first-order valence-electron chi connectivity index (χ1n) is 24.1. The third-order valence-corrected chi connectivity index (χ3v) is 11.4. The van der Waals surface area contributed by atoms with Crippen LogP contribution in [0.15, 0.2) is 0 Å². The van der Waals surface area contributed by atoms with Crippen LogP contribution in [-0.2, 0) is 19.1 Å². The van der Waals surface area contributed by atoms with E-state index in [9.17, 15) is 14.7 Å². The van der Waals surface area contributed by atoms with E-state index in [1.807, 2.05) is 0 Å². The van der Waals surface area contributed by atoms with Crippen LogP contribution >= 0.6 is 0 Å². The molecule has 0 amide bonds. The molecule has 0 aromatic heterocycles. The minimum Gasteiger partial charge on any atom is -0.465 e. The molecular formula is C48H95NO5. The summed E-state index contributed by atoms with van der Waals surface area (Å²) in [7, 11) is 0. The normalized spacial score (nSPS) is 12.7. The third kappa shape index (κ3) is 37.8. The van der Waals surface area contributed by atoms with Crippen LogP contribution in [0.25, 0.3) is 0 Å². The maximum absolute atomic E-state index is 12.6. The Hall–Kier alpha value is -1.14. The Morgan fingerprint density at radius 3 is 1.09 bits per heavy atom. The molecule has 0 saturated carbocycles. The van der Waals surface area contributed by atoms with E-state index in [2.05, 4.69) is 32.6 Å². The fourth-order valence-corrected chi connectivity index (χ4v) is 7.70. The van der Waals surface area contributed by atoms with Gasteiger partial charge in [0.2, 0.25) is 0 Å². The summed E-state index contributed by atoms with van der Waals surface area (Å²) in [6.07, 6.45) is 39.9. The zero-order valence-corrected chi connectivity index (χ0v) is 37.0. The van der Waals surface area contributed by atoms with E-state index < -0.39 is 0 Å². The molecule has 0 fully saturated rings. The van der Waals surface area contributed by atoms with Crippen molar-refractivity contribution in [3.8, 4) is 0 Å².